The molecule has 2 amide bonds. The number of nitrogens with one attached hydrogen (secondary N) is 1. The molecule has 0 spiro atoms. The van der Waals surface area contributed by atoms with Gasteiger partial charge in [0.15, 0.2) is 0 Å². The Hall–Kier alpha value is -2.78. The Morgan fingerprint density at radius 1 is 1.20 bits per heavy atom. The minimum Gasteiger partial charge on any atom is -0.328 e. The average Bonchev–Trinajstić information content (AvgIpc) is 3.23. The fourth-order valence-corrected chi connectivity index (χ4v) is 5.56. The van der Waals surface area contributed by atoms with Crippen LogP contribution in [0.3, 0.4) is 0 Å². The van der Waals surface area contributed by atoms with Crippen molar-refractivity contribution in [2.24, 2.45) is 0 Å². The van der Waals surface area contributed by atoms with Gasteiger partial charge in [0, 0.05) is 29.4 Å². The summed E-state index contributed by atoms with van der Waals surface area (Å²) in [6, 6.07) is 12.1. The van der Waals surface area contributed by atoms with Crippen LogP contribution in [-0.4, -0.2) is 42.2 Å². The maximum atomic E-state index is 12.9. The standard InChI is InChI=1S/C21H21N3O4S2/c1-21(11-13-24(21)18(25)10-9-16-7-4-14-29-16)20(26)23-30(27,28)17-8-2-5-15-6-3-12-22-19(15)17/h2-8,12,14H,9-11,13H2,1H3,(H,23,26). The van der Waals surface area contributed by atoms with Gasteiger partial charge in [-0.1, -0.05) is 24.3 Å². The van der Waals surface area contributed by atoms with Gasteiger partial charge in [0.2, 0.25) is 5.91 Å². The maximum Gasteiger partial charge on any atom is 0.266 e. The van der Waals surface area contributed by atoms with E-state index in [9.17, 15) is 18.0 Å². The number of hydrogen-bond donors (Lipinski definition) is 1. The molecule has 0 aliphatic carbocycles. The van der Waals surface area contributed by atoms with E-state index in [-0.39, 0.29) is 17.2 Å². The number of aromatic nitrogens is 1. The predicted octanol–water partition coefficient (Wildman–Crippen LogP) is 2.73. The molecule has 3 heterocycles. The largest absolute Gasteiger partial charge is 0.328 e. The second kappa shape index (κ2) is 7.81. The van der Waals surface area contributed by atoms with E-state index in [0.29, 0.717) is 30.3 Å². The molecule has 1 saturated heterocycles. The molecule has 1 aliphatic heterocycles. The van der Waals surface area contributed by atoms with Crippen molar-refractivity contribution in [2.75, 3.05) is 6.54 Å². The minimum absolute atomic E-state index is 0.0626. The Labute approximate surface area is 178 Å². The molecule has 1 N–H and O–H groups in total. The molecule has 3 aromatic rings. The second-order valence-corrected chi connectivity index (χ2v) is 10.1. The molecule has 2 aromatic heterocycles. The van der Waals surface area contributed by atoms with Gasteiger partial charge >= 0.3 is 0 Å². The van der Waals surface area contributed by atoms with E-state index < -0.39 is 21.5 Å². The number of aryl methyl sites for hydroxylation is 1. The van der Waals surface area contributed by atoms with Crippen molar-refractivity contribution in [3.63, 3.8) is 0 Å². The molecular formula is C21H21N3O4S2. The van der Waals surface area contributed by atoms with Crippen LogP contribution in [0.15, 0.2) is 58.9 Å². The van der Waals surface area contributed by atoms with Gasteiger partial charge in [-0.3, -0.25) is 14.6 Å². The quantitative estimate of drug-likeness (QED) is 0.632. The number of carbonyl (C=O) groups is 2. The van der Waals surface area contributed by atoms with Crippen LogP contribution in [-0.2, 0) is 26.0 Å². The molecule has 1 unspecified atom stereocenters. The van der Waals surface area contributed by atoms with Gasteiger partial charge < -0.3 is 4.90 Å². The number of fused-ring (bicyclic) bond motifs is 1. The van der Waals surface area contributed by atoms with Gasteiger partial charge in [0.1, 0.15) is 10.4 Å². The third-order valence-corrected chi connectivity index (χ3v) is 7.78. The molecule has 0 bridgehead atoms. The fourth-order valence-electron chi connectivity index (χ4n) is 3.59. The molecule has 1 aliphatic rings. The Bertz CT molecular complexity index is 1200. The number of thiophene rings is 1. The molecule has 0 saturated carbocycles. The summed E-state index contributed by atoms with van der Waals surface area (Å²) in [5, 5.41) is 2.61. The first kappa shape index (κ1) is 20.5. The van der Waals surface area contributed by atoms with Crippen LogP contribution in [0.25, 0.3) is 10.9 Å². The van der Waals surface area contributed by atoms with Gasteiger partial charge in [0.05, 0.1) is 5.52 Å². The van der Waals surface area contributed by atoms with E-state index in [1.165, 1.54) is 17.2 Å². The Balaban J connectivity index is 1.50. The lowest BCUT2D eigenvalue weighted by molar-refractivity contribution is -0.156. The molecule has 0 radical (unpaired) electrons. The van der Waals surface area contributed by atoms with Crippen molar-refractivity contribution >= 4 is 44.1 Å². The van der Waals surface area contributed by atoms with E-state index in [4.69, 9.17) is 0 Å². The number of para-hydroxylation sites is 1. The lowest BCUT2D eigenvalue weighted by Crippen LogP contribution is -2.67. The zero-order valence-corrected chi connectivity index (χ0v) is 18.0. The number of benzene rings is 1. The van der Waals surface area contributed by atoms with Crippen LogP contribution >= 0.6 is 11.3 Å². The first-order chi connectivity index (χ1) is 14.3. The Morgan fingerprint density at radius 2 is 2.00 bits per heavy atom. The fraction of sp³-hybridized carbons (Fsp3) is 0.286. The first-order valence-electron chi connectivity index (χ1n) is 9.55. The highest BCUT2D eigenvalue weighted by Crippen LogP contribution is 2.32. The first-order valence-corrected chi connectivity index (χ1v) is 11.9. The minimum atomic E-state index is -4.14. The van der Waals surface area contributed by atoms with Gasteiger partial charge in [-0.2, -0.15) is 0 Å². The summed E-state index contributed by atoms with van der Waals surface area (Å²) >= 11 is 1.58. The number of nitrogens with zero attached hydrogens (tertiary/aromatic N) is 2. The topological polar surface area (TPSA) is 96.4 Å². The normalized spacial score (nSPS) is 18.8. The highest BCUT2D eigenvalue weighted by Gasteiger charge is 2.50. The summed E-state index contributed by atoms with van der Waals surface area (Å²) in [5.74, 6) is -0.859. The Kier molecular flexibility index (Phi) is 5.33. The van der Waals surface area contributed by atoms with Gasteiger partial charge in [-0.25, -0.2) is 13.1 Å². The van der Waals surface area contributed by atoms with Crippen molar-refractivity contribution in [1.82, 2.24) is 14.6 Å². The SMILES string of the molecule is CC1(C(=O)NS(=O)(=O)c2cccc3cccnc23)CCN1C(=O)CCc1cccs1. The van der Waals surface area contributed by atoms with Crippen molar-refractivity contribution in [3.8, 4) is 0 Å². The van der Waals surface area contributed by atoms with Crippen LogP contribution in [0, 0.1) is 0 Å². The van der Waals surface area contributed by atoms with E-state index in [0.717, 1.165) is 4.88 Å². The predicted molar refractivity (Wildman–Crippen MR) is 114 cm³/mol. The zero-order chi connectivity index (χ0) is 21.4. The second-order valence-electron chi connectivity index (χ2n) is 7.41. The number of pyridine rings is 1. The average molecular weight is 444 g/mol. The highest BCUT2D eigenvalue weighted by atomic mass is 32.2. The lowest BCUT2D eigenvalue weighted by atomic mass is 9.85. The van der Waals surface area contributed by atoms with Crippen LogP contribution in [0.5, 0.6) is 0 Å². The highest BCUT2D eigenvalue weighted by molar-refractivity contribution is 7.90. The van der Waals surface area contributed by atoms with Crippen LogP contribution in [0.2, 0.25) is 0 Å². The summed E-state index contributed by atoms with van der Waals surface area (Å²) < 4.78 is 28.0. The molecule has 9 heteroatoms. The number of carbonyl (C=O) groups excluding carboxylic acids is 2. The van der Waals surface area contributed by atoms with Crippen LogP contribution < -0.4 is 4.72 Å². The maximum absolute atomic E-state index is 12.9. The van der Waals surface area contributed by atoms with Crippen LogP contribution in [0.4, 0.5) is 0 Å². The molecule has 1 fully saturated rings. The molecule has 1 atom stereocenters. The third kappa shape index (κ3) is 3.70. The Morgan fingerprint density at radius 3 is 2.70 bits per heavy atom. The zero-order valence-electron chi connectivity index (χ0n) is 16.4. The van der Waals surface area contributed by atoms with E-state index in [1.54, 1.807) is 42.5 Å². The van der Waals surface area contributed by atoms with E-state index in [1.807, 2.05) is 17.5 Å². The van der Waals surface area contributed by atoms with Gasteiger partial charge in [-0.05, 0) is 43.3 Å². The molecule has 4 rings (SSSR count). The van der Waals surface area contributed by atoms with Crippen molar-refractivity contribution < 1.29 is 18.0 Å². The molecular weight excluding hydrogens is 422 g/mol. The van der Waals surface area contributed by atoms with Gasteiger partial charge in [-0.15, -0.1) is 11.3 Å². The van der Waals surface area contributed by atoms with Crippen LogP contribution in [0.1, 0.15) is 24.6 Å². The molecule has 156 valence electrons. The van der Waals surface area contributed by atoms with Crippen molar-refractivity contribution in [3.05, 3.63) is 58.9 Å². The molecule has 30 heavy (non-hydrogen) atoms. The molecule has 7 nitrogen and oxygen atoms in total. The number of hydrogen-bond acceptors (Lipinski definition) is 6. The van der Waals surface area contributed by atoms with E-state index in [2.05, 4.69) is 9.71 Å². The van der Waals surface area contributed by atoms with E-state index >= 15 is 0 Å². The number of amides is 2. The summed E-state index contributed by atoms with van der Waals surface area (Å²) in [4.78, 5) is 32.2. The van der Waals surface area contributed by atoms with Gasteiger partial charge in [0.25, 0.3) is 15.9 Å². The smallest absolute Gasteiger partial charge is 0.266 e. The van der Waals surface area contributed by atoms with Crippen molar-refractivity contribution in [2.45, 2.75) is 36.6 Å². The number of sulfonamides is 1. The van der Waals surface area contributed by atoms with Crippen molar-refractivity contribution in [1.29, 1.82) is 0 Å². The lowest BCUT2D eigenvalue weighted by Gasteiger charge is -2.49. The third-order valence-electron chi connectivity index (χ3n) is 5.49. The summed E-state index contributed by atoms with van der Waals surface area (Å²) in [7, 11) is -4.14. The molecule has 1 aromatic carbocycles. The number of likely N-dealkylation sites (tertiary alicyclic amines) is 1. The summed E-state index contributed by atoms with van der Waals surface area (Å²) in [5.41, 5.74) is -0.889. The summed E-state index contributed by atoms with van der Waals surface area (Å²) in [6.07, 6.45) is 2.80. The summed E-state index contributed by atoms with van der Waals surface area (Å²) in [6.45, 7) is 2.04. The number of rotatable bonds is 6. The monoisotopic (exact) mass is 443 g/mol.